The van der Waals surface area contributed by atoms with Crippen LogP contribution in [0, 0.1) is 13.8 Å². The Balaban J connectivity index is 1.67. The molecule has 0 radical (unpaired) electrons. The van der Waals surface area contributed by atoms with E-state index in [-0.39, 0.29) is 23.2 Å². The number of rotatable bonds is 5. The first-order chi connectivity index (χ1) is 12.2. The van der Waals surface area contributed by atoms with Gasteiger partial charge in [0.2, 0.25) is 5.91 Å². The Kier molecular flexibility index (Phi) is 5.12. The van der Waals surface area contributed by atoms with E-state index >= 15 is 0 Å². The number of carbonyl (C=O) groups is 1. The van der Waals surface area contributed by atoms with Crippen molar-refractivity contribution >= 4 is 27.5 Å². The Morgan fingerprint density at radius 3 is 2.58 bits per heavy atom. The third-order valence-electron chi connectivity index (χ3n) is 4.36. The number of nitrogens with zero attached hydrogens (tertiary/aromatic N) is 3. The van der Waals surface area contributed by atoms with Crippen molar-refractivity contribution in [1.82, 2.24) is 20.1 Å². The minimum absolute atomic E-state index is 0.00490. The summed E-state index contributed by atoms with van der Waals surface area (Å²) in [6.07, 6.45) is 0.449. The van der Waals surface area contributed by atoms with Gasteiger partial charge in [0.15, 0.2) is 15.0 Å². The molecule has 0 saturated carbocycles. The van der Waals surface area contributed by atoms with Crippen LogP contribution in [0.15, 0.2) is 29.4 Å². The maximum absolute atomic E-state index is 12.3. The summed E-state index contributed by atoms with van der Waals surface area (Å²) in [5.41, 5.74) is 1.42. The monoisotopic (exact) mass is 394 g/mol. The van der Waals surface area contributed by atoms with Gasteiger partial charge in [-0.1, -0.05) is 29.5 Å². The van der Waals surface area contributed by atoms with E-state index in [0.717, 1.165) is 17.1 Å². The minimum atomic E-state index is -3.06. The number of aryl methyl sites for hydroxylation is 2. The molecule has 1 saturated heterocycles. The molecule has 1 N–H and O–H groups in total. The van der Waals surface area contributed by atoms with Crippen LogP contribution in [-0.4, -0.2) is 51.9 Å². The number of hydrogen-bond donors (Lipinski definition) is 1. The minimum Gasteiger partial charge on any atom is -0.349 e. The standard InChI is InChI=1S/C17H22N4O3S2/c1-12-4-6-14(7-5-12)21-13(2)19-20-16(21)25-10-15(22)18-17(3)8-9-26(23,24)11-17/h4-7H,8-11H2,1-3H3,(H,18,22). The van der Waals surface area contributed by atoms with E-state index in [1.54, 1.807) is 6.92 Å². The average molecular weight is 395 g/mol. The number of sulfone groups is 1. The van der Waals surface area contributed by atoms with Gasteiger partial charge < -0.3 is 5.32 Å². The number of nitrogens with one attached hydrogen (secondary N) is 1. The van der Waals surface area contributed by atoms with Crippen LogP contribution in [0.5, 0.6) is 0 Å². The van der Waals surface area contributed by atoms with Crippen LogP contribution in [0.3, 0.4) is 0 Å². The van der Waals surface area contributed by atoms with E-state index in [9.17, 15) is 13.2 Å². The molecule has 0 aliphatic carbocycles. The van der Waals surface area contributed by atoms with E-state index in [0.29, 0.717) is 11.6 Å². The van der Waals surface area contributed by atoms with Gasteiger partial charge in [0, 0.05) is 5.69 Å². The molecule has 1 aromatic carbocycles. The van der Waals surface area contributed by atoms with Gasteiger partial charge in [0.1, 0.15) is 5.82 Å². The lowest BCUT2D eigenvalue weighted by Crippen LogP contribution is -2.47. The van der Waals surface area contributed by atoms with Gasteiger partial charge in [-0.3, -0.25) is 9.36 Å². The van der Waals surface area contributed by atoms with Crippen LogP contribution in [0.4, 0.5) is 0 Å². The van der Waals surface area contributed by atoms with Crippen LogP contribution in [0.25, 0.3) is 5.69 Å². The van der Waals surface area contributed by atoms with E-state index < -0.39 is 15.4 Å². The third-order valence-corrected chi connectivity index (χ3v) is 7.20. The van der Waals surface area contributed by atoms with Crippen molar-refractivity contribution in [2.45, 2.75) is 37.9 Å². The summed E-state index contributed by atoms with van der Waals surface area (Å²) in [5.74, 6) is 0.809. The molecule has 3 rings (SSSR count). The summed E-state index contributed by atoms with van der Waals surface area (Å²) in [5, 5.41) is 11.8. The first kappa shape index (κ1) is 18.9. The van der Waals surface area contributed by atoms with Gasteiger partial charge in [-0.05, 0) is 39.3 Å². The Bertz CT molecular complexity index is 922. The second kappa shape index (κ2) is 7.03. The molecule has 0 bridgehead atoms. The zero-order valence-electron chi connectivity index (χ0n) is 15.0. The summed E-state index contributed by atoms with van der Waals surface area (Å²) in [6.45, 7) is 5.66. The topological polar surface area (TPSA) is 93.9 Å². The molecule has 1 aliphatic rings. The highest BCUT2D eigenvalue weighted by atomic mass is 32.2. The molecular formula is C17H22N4O3S2. The van der Waals surface area contributed by atoms with Crippen LogP contribution in [0.1, 0.15) is 24.7 Å². The first-order valence-electron chi connectivity index (χ1n) is 8.31. The van der Waals surface area contributed by atoms with Crippen molar-refractivity contribution in [3.05, 3.63) is 35.7 Å². The maximum Gasteiger partial charge on any atom is 0.230 e. The van der Waals surface area contributed by atoms with Crippen molar-refractivity contribution in [3.8, 4) is 5.69 Å². The normalized spacial score (nSPS) is 21.7. The maximum atomic E-state index is 12.3. The Morgan fingerprint density at radius 2 is 1.96 bits per heavy atom. The van der Waals surface area contributed by atoms with Crippen LogP contribution < -0.4 is 5.32 Å². The third kappa shape index (κ3) is 4.27. The van der Waals surface area contributed by atoms with Crippen molar-refractivity contribution in [3.63, 3.8) is 0 Å². The number of carbonyl (C=O) groups excluding carboxylic acids is 1. The highest BCUT2D eigenvalue weighted by Crippen LogP contribution is 2.25. The second-order valence-electron chi connectivity index (χ2n) is 6.94. The summed E-state index contributed by atoms with van der Waals surface area (Å²) in [7, 11) is -3.06. The number of thioether (sulfide) groups is 1. The van der Waals surface area contributed by atoms with Crippen LogP contribution >= 0.6 is 11.8 Å². The van der Waals surface area contributed by atoms with Crippen molar-refractivity contribution in [1.29, 1.82) is 0 Å². The van der Waals surface area contributed by atoms with Crippen molar-refractivity contribution in [2.24, 2.45) is 0 Å². The SMILES string of the molecule is Cc1ccc(-n2c(C)nnc2SCC(=O)NC2(C)CCS(=O)(=O)C2)cc1. The summed E-state index contributed by atoms with van der Waals surface area (Å²) in [4.78, 5) is 12.3. The number of benzene rings is 1. The lowest BCUT2D eigenvalue weighted by atomic mass is 10.0. The number of aromatic nitrogens is 3. The highest BCUT2D eigenvalue weighted by Gasteiger charge is 2.39. The summed E-state index contributed by atoms with van der Waals surface area (Å²) in [6, 6.07) is 8.00. The van der Waals surface area contributed by atoms with E-state index in [1.807, 2.05) is 42.7 Å². The molecule has 7 nitrogen and oxygen atoms in total. The molecule has 1 unspecified atom stereocenters. The largest absolute Gasteiger partial charge is 0.349 e. The molecule has 1 amide bonds. The summed E-state index contributed by atoms with van der Waals surface area (Å²) >= 11 is 1.28. The molecule has 2 heterocycles. The molecule has 1 aliphatic heterocycles. The summed E-state index contributed by atoms with van der Waals surface area (Å²) < 4.78 is 25.2. The molecule has 1 atom stereocenters. The van der Waals surface area contributed by atoms with Crippen molar-refractivity contribution in [2.75, 3.05) is 17.3 Å². The van der Waals surface area contributed by atoms with Crippen LogP contribution in [-0.2, 0) is 14.6 Å². The predicted molar refractivity (Wildman–Crippen MR) is 101 cm³/mol. The molecule has 9 heteroatoms. The fourth-order valence-electron chi connectivity index (χ4n) is 3.04. The molecule has 1 fully saturated rings. The fourth-order valence-corrected chi connectivity index (χ4v) is 5.93. The van der Waals surface area contributed by atoms with Gasteiger partial charge in [0.25, 0.3) is 0 Å². The molecule has 26 heavy (non-hydrogen) atoms. The molecule has 2 aromatic rings. The first-order valence-corrected chi connectivity index (χ1v) is 11.1. The Labute approximate surface area is 157 Å². The van der Waals surface area contributed by atoms with Gasteiger partial charge >= 0.3 is 0 Å². The van der Waals surface area contributed by atoms with Gasteiger partial charge in [-0.25, -0.2) is 8.42 Å². The predicted octanol–water partition coefficient (Wildman–Crippen LogP) is 1.67. The smallest absolute Gasteiger partial charge is 0.230 e. The second-order valence-corrected chi connectivity index (χ2v) is 10.1. The Morgan fingerprint density at radius 1 is 1.27 bits per heavy atom. The number of hydrogen-bond acceptors (Lipinski definition) is 6. The zero-order valence-corrected chi connectivity index (χ0v) is 16.7. The highest BCUT2D eigenvalue weighted by molar-refractivity contribution is 7.99. The van der Waals surface area contributed by atoms with Crippen LogP contribution in [0.2, 0.25) is 0 Å². The zero-order chi connectivity index (χ0) is 18.9. The molecule has 140 valence electrons. The van der Waals surface area contributed by atoms with E-state index in [2.05, 4.69) is 15.5 Å². The molecular weight excluding hydrogens is 372 g/mol. The van der Waals surface area contributed by atoms with Gasteiger partial charge in [-0.15, -0.1) is 10.2 Å². The lowest BCUT2D eigenvalue weighted by molar-refractivity contribution is -0.120. The van der Waals surface area contributed by atoms with Gasteiger partial charge in [0.05, 0.1) is 22.8 Å². The molecule has 1 aromatic heterocycles. The number of amides is 1. The quantitative estimate of drug-likeness (QED) is 0.776. The lowest BCUT2D eigenvalue weighted by Gasteiger charge is -2.23. The van der Waals surface area contributed by atoms with Gasteiger partial charge in [-0.2, -0.15) is 0 Å². The molecule has 0 spiro atoms. The Hall–Kier alpha value is -1.87. The van der Waals surface area contributed by atoms with E-state index in [1.165, 1.54) is 11.8 Å². The fraction of sp³-hybridized carbons (Fsp3) is 0.471. The average Bonchev–Trinajstić information content (AvgIpc) is 3.05. The van der Waals surface area contributed by atoms with Crippen molar-refractivity contribution < 1.29 is 13.2 Å². The van der Waals surface area contributed by atoms with E-state index in [4.69, 9.17) is 0 Å².